The third kappa shape index (κ3) is 1.85. The van der Waals surface area contributed by atoms with E-state index in [1.54, 1.807) is 0 Å². The Balaban J connectivity index is 2.14. The SMILES string of the molecule is Cc1cccc(-c2c(CCN)nn3c2CCC3)c1. The summed E-state index contributed by atoms with van der Waals surface area (Å²) in [6.07, 6.45) is 3.22. The van der Waals surface area contributed by atoms with E-state index in [9.17, 15) is 0 Å². The highest BCUT2D eigenvalue weighted by atomic mass is 15.3. The van der Waals surface area contributed by atoms with Crippen molar-refractivity contribution in [3.63, 3.8) is 0 Å². The van der Waals surface area contributed by atoms with Crippen molar-refractivity contribution in [3.05, 3.63) is 41.2 Å². The van der Waals surface area contributed by atoms with Crippen molar-refractivity contribution in [2.24, 2.45) is 5.73 Å². The zero-order valence-electron chi connectivity index (χ0n) is 10.8. The van der Waals surface area contributed by atoms with Gasteiger partial charge >= 0.3 is 0 Å². The molecule has 0 aliphatic carbocycles. The van der Waals surface area contributed by atoms with Crippen LogP contribution in [-0.2, 0) is 19.4 Å². The van der Waals surface area contributed by atoms with E-state index in [0.717, 1.165) is 25.1 Å². The van der Waals surface area contributed by atoms with Crippen molar-refractivity contribution in [1.82, 2.24) is 9.78 Å². The molecule has 0 amide bonds. The zero-order chi connectivity index (χ0) is 12.5. The molecule has 18 heavy (non-hydrogen) atoms. The molecule has 2 aromatic rings. The molecular weight excluding hydrogens is 222 g/mol. The first-order valence-electron chi connectivity index (χ1n) is 6.65. The van der Waals surface area contributed by atoms with Crippen molar-refractivity contribution in [3.8, 4) is 11.1 Å². The van der Waals surface area contributed by atoms with Crippen LogP contribution < -0.4 is 5.73 Å². The van der Waals surface area contributed by atoms with E-state index in [2.05, 4.69) is 35.9 Å². The highest BCUT2D eigenvalue weighted by molar-refractivity contribution is 5.70. The van der Waals surface area contributed by atoms with E-state index in [0.29, 0.717) is 6.54 Å². The molecule has 2 N–H and O–H groups in total. The Bertz CT molecular complexity index is 569. The summed E-state index contributed by atoms with van der Waals surface area (Å²) in [5.74, 6) is 0. The molecule has 3 rings (SSSR count). The Kier molecular flexibility index (Phi) is 2.92. The fraction of sp³-hybridized carbons (Fsp3) is 0.400. The van der Waals surface area contributed by atoms with Gasteiger partial charge in [0.05, 0.1) is 5.69 Å². The average Bonchev–Trinajstić information content (AvgIpc) is 2.89. The van der Waals surface area contributed by atoms with Crippen LogP contribution in [0.4, 0.5) is 0 Å². The maximum atomic E-state index is 5.71. The molecule has 0 atom stereocenters. The second kappa shape index (κ2) is 4.58. The van der Waals surface area contributed by atoms with E-state index < -0.39 is 0 Å². The lowest BCUT2D eigenvalue weighted by molar-refractivity contribution is 0.643. The molecule has 3 heteroatoms. The van der Waals surface area contributed by atoms with Crippen LogP contribution in [0.25, 0.3) is 11.1 Å². The second-order valence-electron chi connectivity index (χ2n) is 5.00. The van der Waals surface area contributed by atoms with Crippen LogP contribution >= 0.6 is 0 Å². The zero-order valence-corrected chi connectivity index (χ0v) is 10.8. The van der Waals surface area contributed by atoms with Gasteiger partial charge in [0.15, 0.2) is 0 Å². The maximum absolute atomic E-state index is 5.71. The van der Waals surface area contributed by atoms with Crippen molar-refractivity contribution in [2.45, 2.75) is 32.7 Å². The van der Waals surface area contributed by atoms with E-state index in [4.69, 9.17) is 10.8 Å². The van der Waals surface area contributed by atoms with Crippen LogP contribution in [0, 0.1) is 6.92 Å². The number of aromatic nitrogens is 2. The van der Waals surface area contributed by atoms with Crippen LogP contribution in [0.2, 0.25) is 0 Å². The minimum absolute atomic E-state index is 0.662. The second-order valence-corrected chi connectivity index (χ2v) is 5.00. The normalized spacial score (nSPS) is 13.9. The third-order valence-electron chi connectivity index (χ3n) is 3.60. The van der Waals surface area contributed by atoms with Gasteiger partial charge in [-0.05, 0) is 31.9 Å². The van der Waals surface area contributed by atoms with Gasteiger partial charge in [-0.3, -0.25) is 4.68 Å². The summed E-state index contributed by atoms with van der Waals surface area (Å²) >= 11 is 0. The summed E-state index contributed by atoms with van der Waals surface area (Å²) < 4.78 is 2.17. The molecule has 94 valence electrons. The van der Waals surface area contributed by atoms with Crippen LogP contribution in [0.1, 0.15) is 23.4 Å². The quantitative estimate of drug-likeness (QED) is 0.896. The lowest BCUT2D eigenvalue weighted by atomic mass is 9.99. The summed E-state index contributed by atoms with van der Waals surface area (Å²) in [7, 11) is 0. The third-order valence-corrected chi connectivity index (χ3v) is 3.60. The average molecular weight is 241 g/mol. The molecule has 0 fully saturated rings. The maximum Gasteiger partial charge on any atom is 0.0718 e. The molecule has 0 unspecified atom stereocenters. The van der Waals surface area contributed by atoms with Gasteiger partial charge in [0.25, 0.3) is 0 Å². The molecule has 0 bridgehead atoms. The number of nitrogens with two attached hydrogens (primary N) is 1. The smallest absolute Gasteiger partial charge is 0.0718 e. The van der Waals surface area contributed by atoms with Gasteiger partial charge in [-0.25, -0.2) is 0 Å². The molecule has 3 nitrogen and oxygen atoms in total. The molecule has 0 spiro atoms. The Morgan fingerprint density at radius 1 is 1.39 bits per heavy atom. The molecule has 0 radical (unpaired) electrons. The first-order valence-corrected chi connectivity index (χ1v) is 6.65. The predicted molar refractivity (Wildman–Crippen MR) is 73.5 cm³/mol. The summed E-state index contributed by atoms with van der Waals surface area (Å²) in [5.41, 5.74) is 12.2. The summed E-state index contributed by atoms with van der Waals surface area (Å²) in [5, 5.41) is 4.72. The largest absolute Gasteiger partial charge is 0.330 e. The monoisotopic (exact) mass is 241 g/mol. The van der Waals surface area contributed by atoms with E-state index in [1.807, 2.05) is 0 Å². The van der Waals surface area contributed by atoms with Gasteiger partial charge in [-0.1, -0.05) is 29.8 Å². The first-order chi connectivity index (χ1) is 8.79. The Morgan fingerprint density at radius 2 is 2.28 bits per heavy atom. The number of aryl methyl sites for hydroxylation is 2. The number of fused-ring (bicyclic) bond motifs is 1. The van der Waals surface area contributed by atoms with Crippen LogP contribution in [0.15, 0.2) is 24.3 Å². The van der Waals surface area contributed by atoms with Gasteiger partial charge < -0.3 is 5.73 Å². The predicted octanol–water partition coefficient (Wildman–Crippen LogP) is 2.31. The number of benzene rings is 1. The molecule has 1 aromatic heterocycles. The van der Waals surface area contributed by atoms with Gasteiger partial charge in [0.2, 0.25) is 0 Å². The minimum Gasteiger partial charge on any atom is -0.330 e. The van der Waals surface area contributed by atoms with Gasteiger partial charge in [0, 0.05) is 24.2 Å². The molecule has 0 saturated heterocycles. The molecule has 1 aliphatic rings. The fourth-order valence-corrected chi connectivity index (χ4v) is 2.83. The van der Waals surface area contributed by atoms with E-state index >= 15 is 0 Å². The van der Waals surface area contributed by atoms with Gasteiger partial charge in [-0.15, -0.1) is 0 Å². The molecular formula is C15H19N3. The number of rotatable bonds is 3. The summed E-state index contributed by atoms with van der Waals surface area (Å²) in [6.45, 7) is 3.85. The van der Waals surface area contributed by atoms with Gasteiger partial charge in [-0.2, -0.15) is 5.10 Å². The topological polar surface area (TPSA) is 43.8 Å². The van der Waals surface area contributed by atoms with Crippen LogP contribution in [0.5, 0.6) is 0 Å². The molecule has 2 heterocycles. The number of hydrogen-bond acceptors (Lipinski definition) is 2. The van der Waals surface area contributed by atoms with Crippen molar-refractivity contribution >= 4 is 0 Å². The molecule has 1 aromatic carbocycles. The van der Waals surface area contributed by atoms with Crippen LogP contribution in [-0.4, -0.2) is 16.3 Å². The van der Waals surface area contributed by atoms with Gasteiger partial charge in [0.1, 0.15) is 0 Å². The highest BCUT2D eigenvalue weighted by Gasteiger charge is 2.22. The van der Waals surface area contributed by atoms with E-state index in [1.165, 1.54) is 28.8 Å². The lowest BCUT2D eigenvalue weighted by Crippen LogP contribution is -2.05. The first kappa shape index (κ1) is 11.5. The Hall–Kier alpha value is -1.61. The molecule has 0 saturated carbocycles. The lowest BCUT2D eigenvalue weighted by Gasteiger charge is -2.05. The van der Waals surface area contributed by atoms with Crippen molar-refractivity contribution < 1.29 is 0 Å². The number of hydrogen-bond donors (Lipinski definition) is 1. The van der Waals surface area contributed by atoms with Crippen molar-refractivity contribution in [1.29, 1.82) is 0 Å². The fourth-order valence-electron chi connectivity index (χ4n) is 2.83. The summed E-state index contributed by atoms with van der Waals surface area (Å²) in [4.78, 5) is 0. The van der Waals surface area contributed by atoms with E-state index in [-0.39, 0.29) is 0 Å². The molecule has 1 aliphatic heterocycles. The summed E-state index contributed by atoms with van der Waals surface area (Å²) in [6, 6.07) is 8.69. The minimum atomic E-state index is 0.662. The Morgan fingerprint density at radius 3 is 3.06 bits per heavy atom. The Labute approximate surface area is 108 Å². The van der Waals surface area contributed by atoms with Crippen LogP contribution in [0.3, 0.4) is 0 Å². The number of nitrogens with zero attached hydrogens (tertiary/aromatic N) is 2. The standard InChI is InChI=1S/C15H19N3/c1-11-4-2-5-12(10-11)15-13(7-8-16)17-18-9-3-6-14(15)18/h2,4-5,10H,3,6-9,16H2,1H3. The highest BCUT2D eigenvalue weighted by Crippen LogP contribution is 2.32. The van der Waals surface area contributed by atoms with Crippen molar-refractivity contribution in [2.75, 3.05) is 6.54 Å².